The van der Waals surface area contributed by atoms with Crippen LogP contribution in [0.2, 0.25) is 0 Å². The Morgan fingerprint density at radius 1 is 1.36 bits per heavy atom. The number of rotatable bonds is 6. The Balaban J connectivity index is 2.39. The van der Waals surface area contributed by atoms with Gasteiger partial charge in [-0.15, -0.1) is 0 Å². The number of unbranched alkanes of at least 4 members (excludes halogenated alkanes) is 1. The molecule has 0 fully saturated rings. The maximum absolute atomic E-state index is 12.0. The number of nitriles is 1. The van der Waals surface area contributed by atoms with Gasteiger partial charge >= 0.3 is 5.97 Å². The summed E-state index contributed by atoms with van der Waals surface area (Å²) in [5, 5.41) is 18.3. The van der Waals surface area contributed by atoms with Gasteiger partial charge in [-0.3, -0.25) is 9.59 Å². The molecule has 0 saturated carbocycles. The normalized spacial score (nSPS) is 10.4. The molecule has 1 heterocycles. The summed E-state index contributed by atoms with van der Waals surface area (Å²) >= 11 is 0. The van der Waals surface area contributed by atoms with E-state index in [0.29, 0.717) is 19.4 Å². The van der Waals surface area contributed by atoms with Gasteiger partial charge in [0.25, 0.3) is 5.56 Å². The molecule has 0 saturated heterocycles. The van der Waals surface area contributed by atoms with E-state index in [1.54, 1.807) is 28.6 Å². The van der Waals surface area contributed by atoms with Crippen molar-refractivity contribution < 1.29 is 9.90 Å². The standard InChI is InChI=1S/C16H17N3O3/c1-18(11-16(21)22)13-5-6-14-12(10-13)4-7-15(20)19(14)9-3-2-8-17/h4-7,10H,2-3,9,11H2,1H3,(H,21,22). The minimum atomic E-state index is -0.899. The monoisotopic (exact) mass is 299 g/mol. The Morgan fingerprint density at radius 3 is 2.82 bits per heavy atom. The molecule has 1 N–H and O–H groups in total. The average Bonchev–Trinajstić information content (AvgIpc) is 2.48. The number of carboxylic acid groups (broad SMARTS) is 1. The maximum atomic E-state index is 12.0. The van der Waals surface area contributed by atoms with Gasteiger partial charge in [0.2, 0.25) is 0 Å². The summed E-state index contributed by atoms with van der Waals surface area (Å²) in [4.78, 5) is 24.4. The van der Waals surface area contributed by atoms with Crippen molar-refractivity contribution >= 4 is 22.6 Å². The SMILES string of the molecule is CN(CC(=O)O)c1ccc2c(ccc(=O)n2CCCC#N)c1. The molecular weight excluding hydrogens is 282 g/mol. The third-order valence-electron chi connectivity index (χ3n) is 3.46. The van der Waals surface area contributed by atoms with Crippen molar-refractivity contribution in [2.45, 2.75) is 19.4 Å². The van der Waals surface area contributed by atoms with Crippen molar-refractivity contribution in [1.29, 1.82) is 5.26 Å². The average molecular weight is 299 g/mol. The number of anilines is 1. The highest BCUT2D eigenvalue weighted by atomic mass is 16.4. The number of pyridine rings is 1. The molecule has 0 spiro atoms. The second-order valence-electron chi connectivity index (χ2n) is 5.08. The number of carboxylic acids is 1. The lowest BCUT2D eigenvalue weighted by Gasteiger charge is -2.18. The lowest BCUT2D eigenvalue weighted by molar-refractivity contribution is -0.135. The lowest BCUT2D eigenvalue weighted by Crippen LogP contribution is -2.25. The van der Waals surface area contributed by atoms with E-state index in [9.17, 15) is 9.59 Å². The Bertz CT molecular complexity index is 789. The summed E-state index contributed by atoms with van der Waals surface area (Å²) in [6.45, 7) is 0.404. The Labute approximate surface area is 127 Å². The molecule has 0 unspecified atom stereocenters. The molecule has 0 atom stereocenters. The topological polar surface area (TPSA) is 86.3 Å². The number of fused-ring (bicyclic) bond motifs is 1. The van der Waals surface area contributed by atoms with Crippen LogP contribution in [0.3, 0.4) is 0 Å². The molecule has 0 bridgehead atoms. The van der Waals surface area contributed by atoms with Crippen LogP contribution >= 0.6 is 0 Å². The second kappa shape index (κ2) is 6.76. The molecule has 0 aliphatic heterocycles. The first kappa shape index (κ1) is 15.6. The van der Waals surface area contributed by atoms with E-state index in [2.05, 4.69) is 6.07 Å². The summed E-state index contributed by atoms with van der Waals surface area (Å²) < 4.78 is 1.65. The van der Waals surface area contributed by atoms with Crippen LogP contribution in [0.15, 0.2) is 35.1 Å². The van der Waals surface area contributed by atoms with E-state index in [0.717, 1.165) is 16.6 Å². The molecule has 1 aromatic carbocycles. The molecule has 2 rings (SSSR count). The van der Waals surface area contributed by atoms with E-state index in [4.69, 9.17) is 10.4 Å². The number of aromatic nitrogens is 1. The van der Waals surface area contributed by atoms with Gasteiger partial charge in [-0.05, 0) is 30.7 Å². The van der Waals surface area contributed by atoms with Crippen LogP contribution in [-0.2, 0) is 11.3 Å². The molecule has 2 aromatic rings. The summed E-state index contributed by atoms with van der Waals surface area (Å²) in [5.74, 6) is -0.899. The van der Waals surface area contributed by atoms with E-state index in [1.165, 1.54) is 6.07 Å². The molecule has 0 aliphatic rings. The van der Waals surface area contributed by atoms with Gasteiger partial charge in [-0.1, -0.05) is 0 Å². The first-order valence-corrected chi connectivity index (χ1v) is 6.96. The number of hydrogen-bond donors (Lipinski definition) is 1. The number of benzene rings is 1. The minimum absolute atomic E-state index is 0.0900. The van der Waals surface area contributed by atoms with Crippen LogP contribution in [0.4, 0.5) is 5.69 Å². The third-order valence-corrected chi connectivity index (χ3v) is 3.46. The second-order valence-corrected chi connectivity index (χ2v) is 5.08. The molecule has 1 aromatic heterocycles. The van der Waals surface area contributed by atoms with E-state index < -0.39 is 5.97 Å². The fourth-order valence-corrected chi connectivity index (χ4v) is 2.37. The smallest absolute Gasteiger partial charge is 0.323 e. The van der Waals surface area contributed by atoms with Crippen LogP contribution in [-0.4, -0.2) is 29.2 Å². The Kier molecular flexibility index (Phi) is 4.79. The van der Waals surface area contributed by atoms with Crippen LogP contribution in [0.5, 0.6) is 0 Å². The zero-order valence-electron chi connectivity index (χ0n) is 12.3. The van der Waals surface area contributed by atoms with Crippen LogP contribution in [0, 0.1) is 11.3 Å². The van der Waals surface area contributed by atoms with Crippen molar-refractivity contribution in [1.82, 2.24) is 4.57 Å². The van der Waals surface area contributed by atoms with Crippen molar-refractivity contribution in [2.75, 3.05) is 18.5 Å². The molecule has 114 valence electrons. The number of carbonyl (C=O) groups is 1. The van der Waals surface area contributed by atoms with Gasteiger partial charge in [0, 0.05) is 37.2 Å². The number of hydrogen-bond acceptors (Lipinski definition) is 4. The van der Waals surface area contributed by atoms with Crippen molar-refractivity contribution in [3.8, 4) is 6.07 Å². The van der Waals surface area contributed by atoms with Gasteiger partial charge in [0.15, 0.2) is 0 Å². The Hall–Kier alpha value is -2.81. The van der Waals surface area contributed by atoms with Crippen LogP contribution in [0.25, 0.3) is 10.9 Å². The molecule has 6 nitrogen and oxygen atoms in total. The fourth-order valence-electron chi connectivity index (χ4n) is 2.37. The maximum Gasteiger partial charge on any atom is 0.323 e. The fraction of sp³-hybridized carbons (Fsp3) is 0.312. The molecule has 6 heteroatoms. The minimum Gasteiger partial charge on any atom is -0.480 e. The highest BCUT2D eigenvalue weighted by Gasteiger charge is 2.08. The highest BCUT2D eigenvalue weighted by Crippen LogP contribution is 2.20. The predicted octanol–water partition coefficient (Wildman–Crippen LogP) is 1.83. The largest absolute Gasteiger partial charge is 0.480 e. The quantitative estimate of drug-likeness (QED) is 0.822. The summed E-state index contributed by atoms with van der Waals surface area (Å²) in [7, 11) is 1.71. The number of likely N-dealkylation sites (N-methyl/N-ethyl adjacent to an activating group) is 1. The van der Waals surface area contributed by atoms with Gasteiger partial charge in [-0.25, -0.2) is 0 Å². The van der Waals surface area contributed by atoms with Crippen LogP contribution < -0.4 is 10.5 Å². The molecule has 0 aliphatic carbocycles. The lowest BCUT2D eigenvalue weighted by atomic mass is 10.1. The van der Waals surface area contributed by atoms with E-state index in [-0.39, 0.29) is 12.1 Å². The first-order valence-electron chi connectivity index (χ1n) is 6.96. The van der Waals surface area contributed by atoms with Crippen molar-refractivity contribution in [3.63, 3.8) is 0 Å². The Morgan fingerprint density at radius 2 is 2.14 bits per heavy atom. The number of nitrogens with zero attached hydrogens (tertiary/aromatic N) is 3. The van der Waals surface area contributed by atoms with Gasteiger partial charge in [0.05, 0.1) is 11.6 Å². The summed E-state index contributed by atoms with van der Waals surface area (Å²) in [5.41, 5.74) is 1.46. The summed E-state index contributed by atoms with van der Waals surface area (Å²) in [6.07, 6.45) is 1.03. The number of aryl methyl sites for hydroxylation is 1. The predicted molar refractivity (Wildman–Crippen MR) is 84.0 cm³/mol. The van der Waals surface area contributed by atoms with Crippen molar-refractivity contribution in [3.05, 3.63) is 40.7 Å². The number of aliphatic carboxylic acids is 1. The molecular formula is C16H17N3O3. The molecule has 0 radical (unpaired) electrons. The van der Waals surface area contributed by atoms with Crippen LogP contribution in [0.1, 0.15) is 12.8 Å². The zero-order valence-corrected chi connectivity index (χ0v) is 12.3. The zero-order chi connectivity index (χ0) is 16.1. The van der Waals surface area contributed by atoms with E-state index in [1.807, 2.05) is 12.1 Å². The van der Waals surface area contributed by atoms with Gasteiger partial charge in [0.1, 0.15) is 6.54 Å². The summed E-state index contributed by atoms with van der Waals surface area (Å²) in [6, 6.07) is 10.8. The first-order chi connectivity index (χ1) is 10.5. The highest BCUT2D eigenvalue weighted by molar-refractivity contribution is 5.84. The van der Waals surface area contributed by atoms with E-state index >= 15 is 0 Å². The molecule has 0 amide bonds. The van der Waals surface area contributed by atoms with Gasteiger partial charge < -0.3 is 14.6 Å². The van der Waals surface area contributed by atoms with Crippen molar-refractivity contribution in [2.24, 2.45) is 0 Å². The third kappa shape index (κ3) is 3.44. The molecule has 22 heavy (non-hydrogen) atoms. The van der Waals surface area contributed by atoms with Gasteiger partial charge in [-0.2, -0.15) is 5.26 Å².